The van der Waals surface area contributed by atoms with Gasteiger partial charge in [-0.3, -0.25) is 0 Å². The number of hydrogen-bond acceptors (Lipinski definition) is 2. The summed E-state index contributed by atoms with van der Waals surface area (Å²) in [6.07, 6.45) is 4.05. The lowest BCUT2D eigenvalue weighted by Crippen LogP contribution is -2.68. The van der Waals surface area contributed by atoms with Crippen molar-refractivity contribution in [2.75, 3.05) is 0 Å². The molecule has 2 unspecified atom stereocenters. The SMILES string of the molecule is CCC1(c2ccccc2)C(c2ccccc2)CCCC1(N)N. The Kier molecular flexibility index (Phi) is 4.07. The molecule has 3 rings (SSSR count). The Morgan fingerprint density at radius 2 is 1.55 bits per heavy atom. The van der Waals surface area contributed by atoms with E-state index < -0.39 is 5.66 Å². The zero-order valence-electron chi connectivity index (χ0n) is 13.3. The minimum atomic E-state index is -0.679. The van der Waals surface area contributed by atoms with Crippen LogP contribution in [0.15, 0.2) is 60.7 Å². The Morgan fingerprint density at radius 1 is 0.955 bits per heavy atom. The van der Waals surface area contributed by atoms with Crippen LogP contribution in [0.5, 0.6) is 0 Å². The second-order valence-electron chi connectivity index (χ2n) is 6.59. The van der Waals surface area contributed by atoms with Crippen LogP contribution < -0.4 is 11.5 Å². The van der Waals surface area contributed by atoms with Gasteiger partial charge in [0.1, 0.15) is 0 Å². The van der Waals surface area contributed by atoms with E-state index in [1.807, 2.05) is 0 Å². The first kappa shape index (κ1) is 15.3. The average molecular weight is 294 g/mol. The predicted molar refractivity (Wildman–Crippen MR) is 92.6 cm³/mol. The summed E-state index contributed by atoms with van der Waals surface area (Å²) < 4.78 is 0. The molecular formula is C20H26N2. The van der Waals surface area contributed by atoms with Crippen molar-refractivity contribution in [2.24, 2.45) is 11.5 Å². The lowest BCUT2D eigenvalue weighted by atomic mass is 9.54. The highest BCUT2D eigenvalue weighted by atomic mass is 15.0. The summed E-state index contributed by atoms with van der Waals surface area (Å²) in [5, 5.41) is 0. The maximum absolute atomic E-state index is 6.71. The minimum absolute atomic E-state index is 0.214. The maximum atomic E-state index is 6.71. The number of benzene rings is 2. The second-order valence-corrected chi connectivity index (χ2v) is 6.59. The molecule has 0 bridgehead atoms. The molecule has 2 aromatic rings. The van der Waals surface area contributed by atoms with Crippen molar-refractivity contribution in [2.45, 2.75) is 49.6 Å². The third-order valence-electron chi connectivity index (χ3n) is 5.56. The van der Waals surface area contributed by atoms with Crippen LogP contribution >= 0.6 is 0 Å². The molecule has 2 atom stereocenters. The zero-order valence-corrected chi connectivity index (χ0v) is 13.3. The standard InChI is InChI=1S/C20H26N2/c1-2-19(17-12-7-4-8-13-17)18(14-9-15-20(19,21)22)16-10-5-3-6-11-16/h3-8,10-13,18H,2,9,14-15,21-22H2,1H3. The number of hydrogen-bond donors (Lipinski definition) is 2. The van der Waals surface area contributed by atoms with Gasteiger partial charge < -0.3 is 11.5 Å². The van der Waals surface area contributed by atoms with Gasteiger partial charge in [-0.1, -0.05) is 67.6 Å². The molecule has 2 aromatic carbocycles. The van der Waals surface area contributed by atoms with E-state index in [0.29, 0.717) is 5.92 Å². The largest absolute Gasteiger partial charge is 0.313 e. The molecule has 1 aliphatic carbocycles. The van der Waals surface area contributed by atoms with E-state index >= 15 is 0 Å². The first-order chi connectivity index (χ1) is 10.6. The maximum Gasteiger partial charge on any atom is 0.0741 e. The lowest BCUT2D eigenvalue weighted by Gasteiger charge is -2.54. The van der Waals surface area contributed by atoms with Crippen molar-refractivity contribution >= 4 is 0 Å². The molecule has 22 heavy (non-hydrogen) atoms. The number of rotatable bonds is 3. The van der Waals surface area contributed by atoms with Gasteiger partial charge in [-0.2, -0.15) is 0 Å². The topological polar surface area (TPSA) is 52.0 Å². The molecular weight excluding hydrogens is 268 g/mol. The van der Waals surface area contributed by atoms with Gasteiger partial charge in [-0.25, -0.2) is 0 Å². The van der Waals surface area contributed by atoms with Crippen LogP contribution in [0.3, 0.4) is 0 Å². The molecule has 116 valence electrons. The number of nitrogens with two attached hydrogens (primary N) is 2. The highest BCUT2D eigenvalue weighted by Crippen LogP contribution is 2.53. The Morgan fingerprint density at radius 3 is 2.14 bits per heavy atom. The first-order valence-electron chi connectivity index (χ1n) is 8.30. The summed E-state index contributed by atoms with van der Waals surface area (Å²) in [5.41, 5.74) is 15.1. The monoisotopic (exact) mass is 294 g/mol. The van der Waals surface area contributed by atoms with Crippen molar-refractivity contribution in [1.82, 2.24) is 0 Å². The van der Waals surface area contributed by atoms with Gasteiger partial charge in [0.05, 0.1) is 5.66 Å². The average Bonchev–Trinajstić information content (AvgIpc) is 2.56. The van der Waals surface area contributed by atoms with Gasteiger partial charge in [0, 0.05) is 5.41 Å². The predicted octanol–water partition coefficient (Wildman–Crippen LogP) is 3.92. The van der Waals surface area contributed by atoms with Crippen molar-refractivity contribution in [3.8, 4) is 0 Å². The minimum Gasteiger partial charge on any atom is -0.313 e. The van der Waals surface area contributed by atoms with E-state index in [9.17, 15) is 0 Å². The molecule has 4 N–H and O–H groups in total. The summed E-state index contributed by atoms with van der Waals surface area (Å²) in [6, 6.07) is 21.4. The highest BCUT2D eigenvalue weighted by Gasteiger charge is 2.53. The van der Waals surface area contributed by atoms with Gasteiger partial charge in [0.15, 0.2) is 0 Å². The molecule has 0 aliphatic heterocycles. The van der Waals surface area contributed by atoms with Gasteiger partial charge >= 0.3 is 0 Å². The first-order valence-corrected chi connectivity index (χ1v) is 8.30. The van der Waals surface area contributed by atoms with Gasteiger partial charge in [0.2, 0.25) is 0 Å². The van der Waals surface area contributed by atoms with Gasteiger partial charge in [0.25, 0.3) is 0 Å². The molecule has 0 radical (unpaired) electrons. The van der Waals surface area contributed by atoms with Crippen molar-refractivity contribution < 1.29 is 0 Å². The normalized spacial score (nSPS) is 27.5. The molecule has 1 saturated carbocycles. The Balaban J connectivity index is 2.19. The van der Waals surface area contributed by atoms with E-state index in [4.69, 9.17) is 11.5 Å². The molecule has 2 heteroatoms. The van der Waals surface area contributed by atoms with Crippen molar-refractivity contribution in [1.29, 1.82) is 0 Å². The summed E-state index contributed by atoms with van der Waals surface area (Å²) in [6.45, 7) is 2.22. The fourth-order valence-electron chi connectivity index (χ4n) is 4.51. The van der Waals surface area contributed by atoms with Crippen molar-refractivity contribution in [3.05, 3.63) is 71.8 Å². The summed E-state index contributed by atoms with van der Waals surface area (Å²) in [7, 11) is 0. The molecule has 0 spiro atoms. The third kappa shape index (κ3) is 2.27. The van der Waals surface area contributed by atoms with Crippen molar-refractivity contribution in [3.63, 3.8) is 0 Å². The van der Waals surface area contributed by atoms with Crippen LogP contribution in [0.2, 0.25) is 0 Å². The molecule has 0 amide bonds. The Bertz CT molecular complexity index is 606. The zero-order chi connectivity index (χ0) is 15.6. The molecule has 1 aliphatic rings. The van der Waals surface area contributed by atoms with E-state index in [1.165, 1.54) is 11.1 Å². The van der Waals surface area contributed by atoms with Crippen LogP contribution in [0.1, 0.15) is 49.7 Å². The van der Waals surface area contributed by atoms with E-state index in [2.05, 4.69) is 67.6 Å². The van der Waals surface area contributed by atoms with Gasteiger partial charge in [-0.05, 0) is 42.7 Å². The second kappa shape index (κ2) is 5.86. The van der Waals surface area contributed by atoms with E-state index in [-0.39, 0.29) is 5.41 Å². The van der Waals surface area contributed by atoms with Crippen LogP contribution in [-0.4, -0.2) is 5.66 Å². The van der Waals surface area contributed by atoms with Crippen LogP contribution in [0.25, 0.3) is 0 Å². The third-order valence-corrected chi connectivity index (χ3v) is 5.56. The summed E-state index contributed by atoms with van der Waals surface area (Å²) in [5.74, 6) is 0.366. The quantitative estimate of drug-likeness (QED) is 0.843. The smallest absolute Gasteiger partial charge is 0.0741 e. The summed E-state index contributed by atoms with van der Waals surface area (Å²) in [4.78, 5) is 0. The lowest BCUT2D eigenvalue weighted by molar-refractivity contribution is 0.113. The fraction of sp³-hybridized carbons (Fsp3) is 0.400. The highest BCUT2D eigenvalue weighted by molar-refractivity contribution is 5.39. The molecule has 2 nitrogen and oxygen atoms in total. The van der Waals surface area contributed by atoms with Crippen LogP contribution in [0, 0.1) is 0 Å². The molecule has 1 fully saturated rings. The van der Waals surface area contributed by atoms with E-state index in [0.717, 1.165) is 25.7 Å². The molecule has 0 saturated heterocycles. The Labute approximate surface area is 133 Å². The Hall–Kier alpha value is -1.64. The fourth-order valence-corrected chi connectivity index (χ4v) is 4.51. The molecule has 0 aromatic heterocycles. The van der Waals surface area contributed by atoms with E-state index in [1.54, 1.807) is 0 Å². The van der Waals surface area contributed by atoms with Crippen LogP contribution in [-0.2, 0) is 5.41 Å². The van der Waals surface area contributed by atoms with Crippen LogP contribution in [0.4, 0.5) is 0 Å². The summed E-state index contributed by atoms with van der Waals surface area (Å²) >= 11 is 0. The molecule has 0 heterocycles. The van der Waals surface area contributed by atoms with Gasteiger partial charge in [-0.15, -0.1) is 0 Å².